The van der Waals surface area contributed by atoms with Gasteiger partial charge in [0.2, 0.25) is 0 Å². The third-order valence-corrected chi connectivity index (χ3v) is 2.63. The Hall–Kier alpha value is -0.570. The van der Waals surface area contributed by atoms with Crippen molar-refractivity contribution in [2.24, 2.45) is 0 Å². The van der Waals surface area contributed by atoms with Gasteiger partial charge in [-0.3, -0.25) is 0 Å². The van der Waals surface area contributed by atoms with E-state index in [-0.39, 0.29) is 11.9 Å². The molecule has 0 heterocycles. The van der Waals surface area contributed by atoms with E-state index in [1.807, 2.05) is 13.0 Å². The molecule has 0 aliphatic rings. The molecule has 0 spiro atoms. The molecule has 1 atom stereocenters. The number of benzene rings is 1. The standard InChI is InChI=1S/C10H13BrFN/c1-3-7(2)13-10-8(11)5-4-6-9(10)12/h4-7,13H,3H2,1-2H3. The third kappa shape index (κ3) is 2.69. The van der Waals surface area contributed by atoms with E-state index in [1.165, 1.54) is 6.07 Å². The van der Waals surface area contributed by atoms with Crippen molar-refractivity contribution in [3.63, 3.8) is 0 Å². The van der Waals surface area contributed by atoms with Gasteiger partial charge in [0.15, 0.2) is 0 Å². The van der Waals surface area contributed by atoms with Crippen molar-refractivity contribution in [2.45, 2.75) is 26.3 Å². The van der Waals surface area contributed by atoms with Crippen LogP contribution in [0.15, 0.2) is 22.7 Å². The first-order chi connectivity index (χ1) is 6.15. The molecule has 0 bridgehead atoms. The Kier molecular flexibility index (Phi) is 3.72. The first-order valence-corrected chi connectivity index (χ1v) is 5.15. The highest BCUT2D eigenvalue weighted by atomic mass is 79.9. The molecular weight excluding hydrogens is 233 g/mol. The SMILES string of the molecule is CCC(C)Nc1c(F)cccc1Br. The van der Waals surface area contributed by atoms with E-state index >= 15 is 0 Å². The van der Waals surface area contributed by atoms with Crippen LogP contribution in [0.5, 0.6) is 0 Å². The summed E-state index contributed by atoms with van der Waals surface area (Å²) in [5.74, 6) is -0.213. The molecular formula is C10H13BrFN. The minimum absolute atomic E-state index is 0.213. The zero-order valence-electron chi connectivity index (χ0n) is 7.77. The molecule has 72 valence electrons. The summed E-state index contributed by atoms with van der Waals surface area (Å²) in [7, 11) is 0. The Balaban J connectivity index is 2.87. The van der Waals surface area contributed by atoms with Crippen LogP contribution in [-0.2, 0) is 0 Å². The molecule has 0 saturated heterocycles. The van der Waals surface area contributed by atoms with E-state index in [0.717, 1.165) is 10.9 Å². The Morgan fingerprint density at radius 3 is 2.77 bits per heavy atom. The molecule has 1 unspecified atom stereocenters. The van der Waals surface area contributed by atoms with E-state index in [1.54, 1.807) is 6.07 Å². The van der Waals surface area contributed by atoms with Crippen molar-refractivity contribution in [1.29, 1.82) is 0 Å². The number of hydrogen-bond acceptors (Lipinski definition) is 1. The Morgan fingerprint density at radius 2 is 2.23 bits per heavy atom. The fourth-order valence-corrected chi connectivity index (χ4v) is 1.44. The van der Waals surface area contributed by atoms with Gasteiger partial charge in [0.05, 0.1) is 5.69 Å². The molecule has 0 radical (unpaired) electrons. The van der Waals surface area contributed by atoms with Crippen LogP contribution in [0.1, 0.15) is 20.3 Å². The fourth-order valence-electron chi connectivity index (χ4n) is 0.984. The maximum atomic E-state index is 13.3. The molecule has 1 aromatic rings. The van der Waals surface area contributed by atoms with Gasteiger partial charge in [0, 0.05) is 10.5 Å². The van der Waals surface area contributed by atoms with Gasteiger partial charge in [-0.25, -0.2) is 4.39 Å². The second-order valence-corrected chi connectivity index (χ2v) is 3.90. The Bertz CT molecular complexity index is 268. The van der Waals surface area contributed by atoms with Gasteiger partial charge in [-0.1, -0.05) is 13.0 Å². The Morgan fingerprint density at radius 1 is 1.54 bits per heavy atom. The average Bonchev–Trinajstić information content (AvgIpc) is 2.11. The molecule has 1 rings (SSSR count). The summed E-state index contributed by atoms with van der Waals surface area (Å²) in [5, 5.41) is 3.11. The van der Waals surface area contributed by atoms with Crippen LogP contribution < -0.4 is 5.32 Å². The largest absolute Gasteiger partial charge is 0.379 e. The van der Waals surface area contributed by atoms with E-state index in [2.05, 4.69) is 28.2 Å². The van der Waals surface area contributed by atoms with Gasteiger partial charge < -0.3 is 5.32 Å². The number of halogens is 2. The summed E-state index contributed by atoms with van der Waals surface area (Å²) in [5.41, 5.74) is 0.553. The lowest BCUT2D eigenvalue weighted by atomic mass is 10.2. The summed E-state index contributed by atoms with van der Waals surface area (Å²) in [6.07, 6.45) is 0.973. The summed E-state index contributed by atoms with van der Waals surface area (Å²) < 4.78 is 14.0. The number of rotatable bonds is 3. The van der Waals surface area contributed by atoms with Gasteiger partial charge in [0.25, 0.3) is 0 Å². The minimum atomic E-state index is -0.213. The lowest BCUT2D eigenvalue weighted by molar-refractivity contribution is 0.624. The number of nitrogens with one attached hydrogen (secondary N) is 1. The predicted octanol–water partition coefficient (Wildman–Crippen LogP) is 3.80. The monoisotopic (exact) mass is 245 g/mol. The zero-order valence-corrected chi connectivity index (χ0v) is 9.36. The molecule has 1 N–H and O–H groups in total. The number of hydrogen-bond donors (Lipinski definition) is 1. The highest BCUT2D eigenvalue weighted by Gasteiger charge is 2.07. The van der Waals surface area contributed by atoms with Crippen molar-refractivity contribution in [1.82, 2.24) is 0 Å². The van der Waals surface area contributed by atoms with E-state index < -0.39 is 0 Å². The quantitative estimate of drug-likeness (QED) is 0.855. The maximum absolute atomic E-state index is 13.3. The van der Waals surface area contributed by atoms with Gasteiger partial charge in [-0.15, -0.1) is 0 Å². The molecule has 0 aromatic heterocycles. The summed E-state index contributed by atoms with van der Waals surface area (Å²) >= 11 is 3.30. The van der Waals surface area contributed by atoms with E-state index in [4.69, 9.17) is 0 Å². The average molecular weight is 246 g/mol. The van der Waals surface area contributed by atoms with Crippen molar-refractivity contribution in [2.75, 3.05) is 5.32 Å². The first kappa shape index (κ1) is 10.5. The number of anilines is 1. The highest BCUT2D eigenvalue weighted by Crippen LogP contribution is 2.25. The molecule has 0 amide bonds. The van der Waals surface area contributed by atoms with Crippen LogP contribution in [0.25, 0.3) is 0 Å². The third-order valence-electron chi connectivity index (χ3n) is 1.97. The van der Waals surface area contributed by atoms with E-state index in [0.29, 0.717) is 5.69 Å². The first-order valence-electron chi connectivity index (χ1n) is 4.35. The van der Waals surface area contributed by atoms with Crippen molar-refractivity contribution >= 4 is 21.6 Å². The predicted molar refractivity (Wildman–Crippen MR) is 57.5 cm³/mol. The molecule has 0 aliphatic carbocycles. The van der Waals surface area contributed by atoms with Crippen molar-refractivity contribution < 1.29 is 4.39 Å². The smallest absolute Gasteiger partial charge is 0.147 e. The topological polar surface area (TPSA) is 12.0 Å². The molecule has 13 heavy (non-hydrogen) atoms. The van der Waals surface area contributed by atoms with Gasteiger partial charge in [-0.2, -0.15) is 0 Å². The highest BCUT2D eigenvalue weighted by molar-refractivity contribution is 9.10. The Labute approximate surface area is 86.5 Å². The van der Waals surface area contributed by atoms with Gasteiger partial charge in [-0.05, 0) is 41.4 Å². The molecule has 0 aliphatic heterocycles. The molecule has 0 fully saturated rings. The van der Waals surface area contributed by atoms with Crippen molar-refractivity contribution in [3.05, 3.63) is 28.5 Å². The summed E-state index contributed by atoms with van der Waals surface area (Å²) in [6.45, 7) is 4.09. The maximum Gasteiger partial charge on any atom is 0.147 e. The lowest BCUT2D eigenvalue weighted by Gasteiger charge is -2.14. The normalized spacial score (nSPS) is 12.6. The second-order valence-electron chi connectivity index (χ2n) is 3.05. The minimum Gasteiger partial charge on any atom is -0.379 e. The molecule has 3 heteroatoms. The second kappa shape index (κ2) is 4.61. The summed E-state index contributed by atoms with van der Waals surface area (Å²) in [6, 6.07) is 5.25. The fraction of sp³-hybridized carbons (Fsp3) is 0.400. The molecule has 1 nitrogen and oxygen atoms in total. The van der Waals surface area contributed by atoms with Crippen LogP contribution in [-0.4, -0.2) is 6.04 Å². The van der Waals surface area contributed by atoms with Crippen molar-refractivity contribution in [3.8, 4) is 0 Å². The van der Waals surface area contributed by atoms with Crippen LogP contribution >= 0.6 is 15.9 Å². The lowest BCUT2D eigenvalue weighted by Crippen LogP contribution is -2.14. The zero-order chi connectivity index (χ0) is 9.84. The molecule has 1 aromatic carbocycles. The summed E-state index contributed by atoms with van der Waals surface area (Å²) in [4.78, 5) is 0. The van der Waals surface area contributed by atoms with Crippen LogP contribution in [0.3, 0.4) is 0 Å². The number of para-hydroxylation sites is 1. The van der Waals surface area contributed by atoms with Crippen LogP contribution in [0, 0.1) is 5.82 Å². The van der Waals surface area contributed by atoms with Crippen LogP contribution in [0.2, 0.25) is 0 Å². The van der Waals surface area contributed by atoms with Crippen LogP contribution in [0.4, 0.5) is 10.1 Å². The molecule has 0 saturated carbocycles. The van der Waals surface area contributed by atoms with E-state index in [9.17, 15) is 4.39 Å². The van der Waals surface area contributed by atoms with Gasteiger partial charge >= 0.3 is 0 Å². The van der Waals surface area contributed by atoms with Gasteiger partial charge in [0.1, 0.15) is 5.82 Å².